The first-order valence-electron chi connectivity index (χ1n) is 6.75. The average Bonchev–Trinajstić information content (AvgIpc) is 2.44. The highest BCUT2D eigenvalue weighted by atomic mass is 32.2. The van der Waals surface area contributed by atoms with Gasteiger partial charge in [0.05, 0.1) is 13.7 Å². The van der Waals surface area contributed by atoms with Crippen molar-refractivity contribution < 1.29 is 14.3 Å². The molecule has 0 saturated carbocycles. The first-order chi connectivity index (χ1) is 9.08. The van der Waals surface area contributed by atoms with Crippen LogP contribution in [0.1, 0.15) is 20.3 Å². The molecule has 6 heteroatoms. The van der Waals surface area contributed by atoms with Crippen molar-refractivity contribution in [3.63, 3.8) is 0 Å². The number of amides is 1. The molecule has 1 rings (SSSR count). The number of carbonyl (C=O) groups excluding carboxylic acids is 2. The summed E-state index contributed by atoms with van der Waals surface area (Å²) in [7, 11) is 1.35. The molecule has 2 atom stereocenters. The minimum Gasteiger partial charge on any atom is -0.467 e. The highest BCUT2D eigenvalue weighted by Crippen LogP contribution is 2.11. The second kappa shape index (κ2) is 8.43. The van der Waals surface area contributed by atoms with E-state index in [1.54, 1.807) is 0 Å². The molecule has 110 valence electrons. The smallest absolute Gasteiger partial charge is 0.328 e. The largest absolute Gasteiger partial charge is 0.467 e. The summed E-state index contributed by atoms with van der Waals surface area (Å²) in [6, 6.07) is -0.540. The van der Waals surface area contributed by atoms with Crippen molar-refractivity contribution in [3.8, 4) is 0 Å². The number of carbonyl (C=O) groups is 2. The van der Waals surface area contributed by atoms with Crippen LogP contribution in [0.2, 0.25) is 0 Å². The van der Waals surface area contributed by atoms with Crippen LogP contribution in [-0.4, -0.2) is 61.1 Å². The van der Waals surface area contributed by atoms with Crippen LogP contribution < -0.4 is 5.32 Å². The maximum Gasteiger partial charge on any atom is 0.328 e. The number of hydrogen-bond acceptors (Lipinski definition) is 5. The van der Waals surface area contributed by atoms with Gasteiger partial charge in [0.2, 0.25) is 5.91 Å². The van der Waals surface area contributed by atoms with Crippen molar-refractivity contribution in [3.05, 3.63) is 0 Å². The van der Waals surface area contributed by atoms with Crippen LogP contribution in [0.3, 0.4) is 0 Å². The van der Waals surface area contributed by atoms with Gasteiger partial charge >= 0.3 is 5.97 Å². The van der Waals surface area contributed by atoms with E-state index in [0.717, 1.165) is 31.0 Å². The zero-order chi connectivity index (χ0) is 14.3. The zero-order valence-corrected chi connectivity index (χ0v) is 12.8. The summed E-state index contributed by atoms with van der Waals surface area (Å²) in [5.74, 6) is 1.76. The van der Waals surface area contributed by atoms with Crippen LogP contribution in [0.15, 0.2) is 0 Å². The van der Waals surface area contributed by atoms with Gasteiger partial charge in [0.25, 0.3) is 0 Å². The fourth-order valence-corrected chi connectivity index (χ4v) is 2.96. The predicted molar refractivity (Wildman–Crippen MR) is 77.2 cm³/mol. The summed E-state index contributed by atoms with van der Waals surface area (Å²) in [5, 5.41) is 2.80. The topological polar surface area (TPSA) is 58.6 Å². The monoisotopic (exact) mass is 288 g/mol. The zero-order valence-electron chi connectivity index (χ0n) is 12.0. The summed E-state index contributed by atoms with van der Waals surface area (Å²) in [5.41, 5.74) is 0. The van der Waals surface area contributed by atoms with Gasteiger partial charge in [0.1, 0.15) is 6.04 Å². The van der Waals surface area contributed by atoms with Crippen LogP contribution in [0, 0.1) is 5.92 Å². The lowest BCUT2D eigenvalue weighted by Gasteiger charge is -2.27. The molecule has 1 amide bonds. The van der Waals surface area contributed by atoms with E-state index in [0.29, 0.717) is 6.54 Å². The Morgan fingerprint density at radius 3 is 2.53 bits per heavy atom. The third-order valence-electron chi connectivity index (χ3n) is 3.46. The average molecular weight is 288 g/mol. The van der Waals surface area contributed by atoms with Gasteiger partial charge in [-0.25, -0.2) is 4.79 Å². The highest BCUT2D eigenvalue weighted by molar-refractivity contribution is 7.99. The molecule has 0 aromatic rings. The molecule has 1 fully saturated rings. The fourth-order valence-electron chi connectivity index (χ4n) is 1.98. The molecule has 1 aliphatic rings. The van der Waals surface area contributed by atoms with E-state index in [9.17, 15) is 9.59 Å². The van der Waals surface area contributed by atoms with Crippen molar-refractivity contribution in [1.29, 1.82) is 0 Å². The van der Waals surface area contributed by atoms with Crippen molar-refractivity contribution in [2.75, 3.05) is 38.2 Å². The predicted octanol–water partition coefficient (Wildman–Crippen LogP) is 0.739. The summed E-state index contributed by atoms with van der Waals surface area (Å²) in [6.45, 7) is 6.17. The Balaban J connectivity index is 2.48. The number of hydrogen-bond donors (Lipinski definition) is 1. The van der Waals surface area contributed by atoms with E-state index in [1.807, 2.05) is 25.6 Å². The molecule has 1 N–H and O–H groups in total. The van der Waals surface area contributed by atoms with Crippen molar-refractivity contribution in [1.82, 2.24) is 10.2 Å². The van der Waals surface area contributed by atoms with E-state index in [4.69, 9.17) is 4.74 Å². The quantitative estimate of drug-likeness (QED) is 0.731. The van der Waals surface area contributed by atoms with E-state index in [2.05, 4.69) is 10.2 Å². The molecule has 1 saturated heterocycles. The third-order valence-corrected chi connectivity index (χ3v) is 4.40. The molecule has 0 bridgehead atoms. The summed E-state index contributed by atoms with van der Waals surface area (Å²) >= 11 is 1.91. The Bertz CT molecular complexity index is 306. The number of nitrogens with one attached hydrogen (secondary N) is 1. The summed E-state index contributed by atoms with van der Waals surface area (Å²) in [6.07, 6.45) is 0.820. The van der Waals surface area contributed by atoms with Gasteiger partial charge in [0.15, 0.2) is 0 Å². The number of esters is 1. The first-order valence-corrected chi connectivity index (χ1v) is 7.91. The maximum atomic E-state index is 12.0. The maximum absolute atomic E-state index is 12.0. The van der Waals surface area contributed by atoms with Gasteiger partial charge in [-0.2, -0.15) is 11.8 Å². The van der Waals surface area contributed by atoms with Gasteiger partial charge in [-0.3, -0.25) is 9.69 Å². The Morgan fingerprint density at radius 2 is 2.00 bits per heavy atom. The molecule has 0 aromatic carbocycles. The van der Waals surface area contributed by atoms with Gasteiger partial charge in [-0.1, -0.05) is 20.3 Å². The van der Waals surface area contributed by atoms with Crippen LogP contribution in [0.4, 0.5) is 0 Å². The minimum atomic E-state index is -0.540. The molecule has 0 spiro atoms. The van der Waals surface area contributed by atoms with Gasteiger partial charge < -0.3 is 10.1 Å². The van der Waals surface area contributed by atoms with E-state index in [-0.39, 0.29) is 17.8 Å². The standard InChI is InChI=1S/C13H24N2O3S/c1-4-10(2)12(13(17)18-3)14-11(16)9-15-5-7-19-8-6-15/h10,12H,4-9H2,1-3H3,(H,14,16). The Hall–Kier alpha value is -0.750. The van der Waals surface area contributed by atoms with E-state index < -0.39 is 6.04 Å². The van der Waals surface area contributed by atoms with Crippen molar-refractivity contribution in [2.24, 2.45) is 5.92 Å². The molecule has 19 heavy (non-hydrogen) atoms. The minimum absolute atomic E-state index is 0.0771. The molecule has 1 heterocycles. The SMILES string of the molecule is CCC(C)C(NC(=O)CN1CCSCC1)C(=O)OC. The second-order valence-corrected chi connectivity index (χ2v) is 6.07. The van der Waals surface area contributed by atoms with E-state index in [1.165, 1.54) is 7.11 Å². The lowest BCUT2D eigenvalue weighted by molar-refractivity contribution is -0.146. The second-order valence-electron chi connectivity index (χ2n) is 4.84. The normalized spacial score (nSPS) is 19.5. The summed E-state index contributed by atoms with van der Waals surface area (Å²) in [4.78, 5) is 25.8. The van der Waals surface area contributed by atoms with Crippen LogP contribution in [0.25, 0.3) is 0 Å². The molecule has 0 aromatic heterocycles. The third kappa shape index (κ3) is 5.40. The molecular weight excluding hydrogens is 264 g/mol. The summed E-state index contributed by atoms with van der Waals surface area (Å²) < 4.78 is 4.76. The number of nitrogens with zero attached hydrogens (tertiary/aromatic N) is 1. The van der Waals surface area contributed by atoms with Crippen molar-refractivity contribution >= 4 is 23.6 Å². The van der Waals surface area contributed by atoms with Gasteiger partial charge in [-0.05, 0) is 5.92 Å². The highest BCUT2D eigenvalue weighted by Gasteiger charge is 2.27. The van der Waals surface area contributed by atoms with Crippen molar-refractivity contribution in [2.45, 2.75) is 26.3 Å². The van der Waals surface area contributed by atoms with E-state index >= 15 is 0 Å². The number of ether oxygens (including phenoxy) is 1. The lowest BCUT2D eigenvalue weighted by Crippen LogP contribution is -2.50. The number of methoxy groups -OCH3 is 1. The van der Waals surface area contributed by atoms with Crippen LogP contribution in [0.5, 0.6) is 0 Å². The van der Waals surface area contributed by atoms with Crippen LogP contribution >= 0.6 is 11.8 Å². The van der Waals surface area contributed by atoms with Gasteiger partial charge in [-0.15, -0.1) is 0 Å². The molecule has 5 nitrogen and oxygen atoms in total. The number of rotatable bonds is 6. The molecular formula is C13H24N2O3S. The fraction of sp³-hybridized carbons (Fsp3) is 0.846. The number of thioether (sulfide) groups is 1. The first kappa shape index (κ1) is 16.3. The van der Waals surface area contributed by atoms with Crippen LogP contribution in [-0.2, 0) is 14.3 Å². The Morgan fingerprint density at radius 1 is 1.37 bits per heavy atom. The molecule has 1 aliphatic heterocycles. The van der Waals surface area contributed by atoms with Gasteiger partial charge in [0, 0.05) is 24.6 Å². The molecule has 0 radical (unpaired) electrons. The Labute approximate surface area is 119 Å². The Kier molecular flexibility index (Phi) is 7.23. The lowest BCUT2D eigenvalue weighted by atomic mass is 9.99. The molecule has 0 aliphatic carbocycles. The molecule has 2 unspecified atom stereocenters.